The number of anilines is 2. The molecule has 0 spiro atoms. The average Bonchev–Trinajstić information content (AvgIpc) is 2.89. The highest BCUT2D eigenvalue weighted by Crippen LogP contribution is 2.25. The SMILES string of the molecule is Cc1ccc(N(/N=C/C2C#CC=C(CN(C)C)C=C2)c2ccccc2)cc1. The van der Waals surface area contributed by atoms with Gasteiger partial charge in [-0.1, -0.05) is 59.9 Å². The van der Waals surface area contributed by atoms with Crippen LogP contribution in [0, 0.1) is 24.7 Å². The lowest BCUT2D eigenvalue weighted by Gasteiger charge is -2.19. The molecule has 0 saturated carbocycles. The lowest BCUT2D eigenvalue weighted by molar-refractivity contribution is 0.449. The molecule has 0 N–H and O–H groups in total. The molecule has 3 nitrogen and oxygen atoms in total. The molecule has 3 heteroatoms. The van der Waals surface area contributed by atoms with E-state index in [2.05, 4.69) is 86.3 Å². The lowest BCUT2D eigenvalue weighted by atomic mass is 10.1. The summed E-state index contributed by atoms with van der Waals surface area (Å²) < 4.78 is 0. The quantitative estimate of drug-likeness (QED) is 0.421. The second kappa shape index (κ2) is 9.02. The summed E-state index contributed by atoms with van der Waals surface area (Å²) in [6.45, 7) is 2.97. The van der Waals surface area contributed by atoms with Crippen molar-refractivity contribution in [3.63, 3.8) is 0 Å². The zero-order valence-electron chi connectivity index (χ0n) is 16.1. The Morgan fingerprint density at radius 2 is 1.70 bits per heavy atom. The first-order chi connectivity index (χ1) is 13.1. The Hall–Kier alpha value is -3.09. The number of nitrogens with zero attached hydrogens (tertiary/aromatic N) is 3. The minimum atomic E-state index is -0.0161. The maximum atomic E-state index is 4.77. The van der Waals surface area contributed by atoms with Crippen molar-refractivity contribution < 1.29 is 0 Å². The van der Waals surface area contributed by atoms with Crippen LogP contribution in [0.2, 0.25) is 0 Å². The fourth-order valence-electron chi connectivity index (χ4n) is 2.78. The maximum absolute atomic E-state index is 4.77. The van der Waals surface area contributed by atoms with E-state index in [1.54, 1.807) is 0 Å². The van der Waals surface area contributed by atoms with E-state index in [-0.39, 0.29) is 5.92 Å². The molecule has 0 heterocycles. The molecule has 3 rings (SSSR count). The van der Waals surface area contributed by atoms with E-state index in [0.717, 1.165) is 17.9 Å². The molecule has 0 amide bonds. The van der Waals surface area contributed by atoms with Crippen molar-refractivity contribution in [2.45, 2.75) is 6.92 Å². The van der Waals surface area contributed by atoms with Crippen LogP contribution >= 0.6 is 0 Å². The highest BCUT2D eigenvalue weighted by molar-refractivity contribution is 5.73. The molecule has 0 saturated heterocycles. The van der Waals surface area contributed by atoms with Gasteiger partial charge in [-0.2, -0.15) is 5.10 Å². The van der Waals surface area contributed by atoms with Gasteiger partial charge in [0.05, 0.1) is 17.3 Å². The topological polar surface area (TPSA) is 18.8 Å². The van der Waals surface area contributed by atoms with Crippen molar-refractivity contribution in [2.24, 2.45) is 11.0 Å². The van der Waals surface area contributed by atoms with Crippen LogP contribution < -0.4 is 5.01 Å². The van der Waals surface area contributed by atoms with Crippen molar-refractivity contribution in [3.8, 4) is 11.8 Å². The largest absolute Gasteiger partial charge is 0.305 e. The molecule has 27 heavy (non-hydrogen) atoms. The number of hydrogen-bond acceptors (Lipinski definition) is 3. The van der Waals surface area contributed by atoms with Crippen molar-refractivity contribution in [1.82, 2.24) is 4.90 Å². The minimum Gasteiger partial charge on any atom is -0.305 e. The van der Waals surface area contributed by atoms with E-state index < -0.39 is 0 Å². The molecule has 0 radical (unpaired) electrons. The van der Waals surface area contributed by atoms with Gasteiger partial charge in [0.15, 0.2) is 0 Å². The normalized spacial score (nSPS) is 16.0. The van der Waals surface area contributed by atoms with Gasteiger partial charge in [-0.25, -0.2) is 5.01 Å². The third kappa shape index (κ3) is 5.44. The Labute approximate surface area is 162 Å². The summed E-state index contributed by atoms with van der Waals surface area (Å²) in [6, 6.07) is 18.6. The van der Waals surface area contributed by atoms with E-state index >= 15 is 0 Å². The summed E-state index contributed by atoms with van der Waals surface area (Å²) in [7, 11) is 4.12. The third-order valence-corrected chi connectivity index (χ3v) is 4.15. The van der Waals surface area contributed by atoms with Gasteiger partial charge in [-0.3, -0.25) is 0 Å². The van der Waals surface area contributed by atoms with Crippen LogP contribution in [0.3, 0.4) is 0 Å². The summed E-state index contributed by atoms with van der Waals surface area (Å²) in [6.07, 6.45) is 8.13. The first kappa shape index (κ1) is 18.7. The van der Waals surface area contributed by atoms with Gasteiger partial charge < -0.3 is 4.90 Å². The second-order valence-corrected chi connectivity index (χ2v) is 6.88. The van der Waals surface area contributed by atoms with Gasteiger partial charge in [0.1, 0.15) is 0 Å². The molecular weight excluding hydrogens is 330 g/mol. The van der Waals surface area contributed by atoms with Crippen LogP contribution in [0.4, 0.5) is 11.4 Å². The molecule has 2 aromatic rings. The molecule has 1 unspecified atom stereocenters. The van der Waals surface area contributed by atoms with Crippen LogP contribution in [0.5, 0.6) is 0 Å². The molecule has 0 bridgehead atoms. The smallest absolute Gasteiger partial charge is 0.0760 e. The molecule has 0 aliphatic heterocycles. The number of aryl methyl sites for hydroxylation is 1. The summed E-state index contributed by atoms with van der Waals surface area (Å²) in [5.74, 6) is 6.38. The molecule has 1 aliphatic carbocycles. The molecule has 1 aliphatic rings. The zero-order chi connectivity index (χ0) is 19.1. The van der Waals surface area contributed by atoms with Gasteiger partial charge in [0, 0.05) is 12.8 Å². The third-order valence-electron chi connectivity index (χ3n) is 4.15. The summed E-state index contributed by atoms with van der Waals surface area (Å²) in [5.41, 5.74) is 4.49. The van der Waals surface area contributed by atoms with Crippen molar-refractivity contribution in [3.05, 3.63) is 84.0 Å². The van der Waals surface area contributed by atoms with E-state index in [1.807, 2.05) is 35.5 Å². The molecule has 136 valence electrons. The Bertz CT molecular complexity index is 894. The van der Waals surface area contributed by atoms with Crippen molar-refractivity contribution in [2.75, 3.05) is 25.6 Å². The van der Waals surface area contributed by atoms with E-state index in [0.29, 0.717) is 0 Å². The van der Waals surface area contributed by atoms with Crippen LogP contribution in [0.1, 0.15) is 5.56 Å². The summed E-state index contributed by atoms with van der Waals surface area (Å²) >= 11 is 0. The minimum absolute atomic E-state index is 0.0161. The second-order valence-electron chi connectivity index (χ2n) is 6.88. The predicted molar refractivity (Wildman–Crippen MR) is 115 cm³/mol. The Morgan fingerprint density at radius 1 is 1.00 bits per heavy atom. The number of allylic oxidation sites excluding steroid dienone is 2. The number of benzene rings is 2. The van der Waals surface area contributed by atoms with Gasteiger partial charge in [0.2, 0.25) is 0 Å². The number of hydrogen-bond donors (Lipinski definition) is 0. The molecule has 1 atom stereocenters. The van der Waals surface area contributed by atoms with Gasteiger partial charge in [-0.15, -0.1) is 0 Å². The Balaban J connectivity index is 1.82. The molecule has 0 aromatic heterocycles. The fraction of sp³-hybridized carbons (Fsp3) is 0.208. The number of likely N-dealkylation sites (N-methyl/N-ethyl adjacent to an activating group) is 1. The first-order valence-corrected chi connectivity index (χ1v) is 9.11. The zero-order valence-corrected chi connectivity index (χ0v) is 16.1. The maximum Gasteiger partial charge on any atom is 0.0760 e. The Kier molecular flexibility index (Phi) is 6.25. The molecule has 2 aromatic carbocycles. The Morgan fingerprint density at radius 3 is 2.41 bits per heavy atom. The van der Waals surface area contributed by atoms with E-state index in [9.17, 15) is 0 Å². The monoisotopic (exact) mass is 355 g/mol. The van der Waals surface area contributed by atoms with E-state index in [1.165, 1.54) is 11.1 Å². The number of hydrazone groups is 1. The molecule has 0 fully saturated rings. The predicted octanol–water partition coefficient (Wildman–Crippen LogP) is 4.80. The van der Waals surface area contributed by atoms with Crippen LogP contribution in [-0.2, 0) is 0 Å². The number of rotatable bonds is 6. The highest BCUT2D eigenvalue weighted by Gasteiger charge is 2.08. The van der Waals surface area contributed by atoms with Gasteiger partial charge in [-0.05, 0) is 56.9 Å². The van der Waals surface area contributed by atoms with Gasteiger partial charge >= 0.3 is 0 Å². The first-order valence-electron chi connectivity index (χ1n) is 9.11. The van der Waals surface area contributed by atoms with Crippen LogP contribution in [-0.4, -0.2) is 31.8 Å². The lowest BCUT2D eigenvalue weighted by Crippen LogP contribution is -2.14. The standard InChI is InChI=1S/C24H25N3/c1-20-12-16-24(17-13-20)27(23-10-5-4-6-11-23)25-18-21-8-7-9-22(15-14-21)19-26(2)3/h4-6,9-18,21H,19H2,1-3H3/b25-18+. The van der Waals surface area contributed by atoms with Crippen molar-refractivity contribution in [1.29, 1.82) is 0 Å². The summed E-state index contributed by atoms with van der Waals surface area (Å²) in [4.78, 5) is 2.14. The number of para-hydroxylation sites is 1. The van der Waals surface area contributed by atoms with Crippen LogP contribution in [0.15, 0.2) is 83.5 Å². The van der Waals surface area contributed by atoms with E-state index in [4.69, 9.17) is 5.10 Å². The average molecular weight is 355 g/mol. The highest BCUT2D eigenvalue weighted by atomic mass is 15.5. The summed E-state index contributed by atoms with van der Waals surface area (Å²) in [5, 5.41) is 6.72. The molecular formula is C24H25N3. The van der Waals surface area contributed by atoms with Crippen LogP contribution in [0.25, 0.3) is 0 Å². The van der Waals surface area contributed by atoms with Crippen molar-refractivity contribution >= 4 is 17.6 Å². The van der Waals surface area contributed by atoms with Gasteiger partial charge in [0.25, 0.3) is 0 Å². The fourth-order valence-corrected chi connectivity index (χ4v) is 2.78.